The molecule has 0 aliphatic rings. The fraction of sp³-hybridized carbons (Fsp3) is 0.579. The van der Waals surface area contributed by atoms with Gasteiger partial charge in [0.15, 0.2) is 0 Å². The summed E-state index contributed by atoms with van der Waals surface area (Å²) in [6.07, 6.45) is -0.624. The van der Waals surface area contributed by atoms with Crippen LogP contribution in [0.2, 0.25) is 0 Å². The van der Waals surface area contributed by atoms with Crippen molar-refractivity contribution in [3.63, 3.8) is 0 Å². The van der Waals surface area contributed by atoms with E-state index in [9.17, 15) is 9.59 Å². The molecule has 0 aliphatic carbocycles. The molecule has 2 amide bonds. The number of nitrogens with one attached hydrogen (secondary N) is 2. The van der Waals surface area contributed by atoms with Crippen molar-refractivity contribution in [3.05, 3.63) is 35.9 Å². The maximum atomic E-state index is 12.4. The van der Waals surface area contributed by atoms with Crippen molar-refractivity contribution in [1.29, 1.82) is 0 Å². The number of carbonyl (C=O) groups is 2. The van der Waals surface area contributed by atoms with Crippen molar-refractivity contribution in [2.45, 2.75) is 65.3 Å². The number of hydrogen-bond donors (Lipinski definition) is 2. The predicted octanol–water partition coefficient (Wildman–Crippen LogP) is 3.01. The minimum absolute atomic E-state index is 0.184. The monoisotopic (exact) mass is 350 g/mol. The molecule has 6 nitrogen and oxygen atoms in total. The number of rotatable bonds is 7. The van der Waals surface area contributed by atoms with E-state index in [0.717, 1.165) is 5.56 Å². The molecule has 0 bridgehead atoms. The van der Waals surface area contributed by atoms with Crippen LogP contribution >= 0.6 is 0 Å². The number of carbonyl (C=O) groups excluding carboxylic acids is 2. The van der Waals surface area contributed by atoms with Crippen molar-refractivity contribution in [2.24, 2.45) is 0 Å². The van der Waals surface area contributed by atoms with E-state index in [1.807, 2.05) is 37.3 Å². The smallest absolute Gasteiger partial charge is 0.408 e. The van der Waals surface area contributed by atoms with Gasteiger partial charge in [-0.2, -0.15) is 0 Å². The van der Waals surface area contributed by atoms with E-state index >= 15 is 0 Å². The normalized spacial score (nSPS) is 13.0. The molecule has 1 atom stereocenters. The lowest BCUT2D eigenvalue weighted by atomic mass is 10.0. The molecule has 2 N–H and O–H groups in total. The van der Waals surface area contributed by atoms with Crippen LogP contribution in [-0.2, 0) is 20.9 Å². The van der Waals surface area contributed by atoms with Gasteiger partial charge in [-0.1, -0.05) is 30.3 Å². The molecule has 0 radical (unpaired) electrons. The summed E-state index contributed by atoms with van der Waals surface area (Å²) in [7, 11) is 0. The molecular weight excluding hydrogens is 320 g/mol. The summed E-state index contributed by atoms with van der Waals surface area (Å²) < 4.78 is 10.8. The Kier molecular flexibility index (Phi) is 7.42. The lowest BCUT2D eigenvalue weighted by molar-refractivity contribution is -0.127. The van der Waals surface area contributed by atoms with Crippen molar-refractivity contribution < 1.29 is 19.1 Å². The Hall–Kier alpha value is -2.08. The molecule has 6 heteroatoms. The third-order valence-electron chi connectivity index (χ3n) is 3.24. The van der Waals surface area contributed by atoms with Crippen LogP contribution in [0.25, 0.3) is 0 Å². The Bertz CT molecular complexity index is 565. The first-order valence-corrected chi connectivity index (χ1v) is 8.43. The minimum Gasteiger partial charge on any atom is -0.444 e. The lowest BCUT2D eigenvalue weighted by Crippen LogP contribution is -2.57. The summed E-state index contributed by atoms with van der Waals surface area (Å²) >= 11 is 0. The van der Waals surface area contributed by atoms with E-state index in [1.165, 1.54) is 0 Å². The van der Waals surface area contributed by atoms with Crippen LogP contribution in [0.15, 0.2) is 30.3 Å². The van der Waals surface area contributed by atoms with Gasteiger partial charge in [0.05, 0.1) is 13.2 Å². The van der Waals surface area contributed by atoms with E-state index in [0.29, 0.717) is 13.2 Å². The average Bonchev–Trinajstić information content (AvgIpc) is 2.45. The van der Waals surface area contributed by atoms with E-state index in [4.69, 9.17) is 9.47 Å². The average molecular weight is 350 g/mol. The third kappa shape index (κ3) is 8.54. The van der Waals surface area contributed by atoms with Crippen LogP contribution in [-0.4, -0.2) is 35.8 Å². The molecule has 0 aliphatic heterocycles. The van der Waals surface area contributed by atoms with Crippen LogP contribution in [0.5, 0.6) is 0 Å². The predicted molar refractivity (Wildman–Crippen MR) is 97.2 cm³/mol. The molecule has 1 aromatic rings. The number of hydrogen-bond acceptors (Lipinski definition) is 4. The zero-order chi connectivity index (χ0) is 19.1. The minimum atomic E-state index is -1.09. The molecule has 140 valence electrons. The first-order valence-electron chi connectivity index (χ1n) is 8.43. The highest BCUT2D eigenvalue weighted by Gasteiger charge is 2.32. The molecular formula is C19H30N2O4. The van der Waals surface area contributed by atoms with Crippen LogP contribution < -0.4 is 10.6 Å². The number of alkyl carbamates (subject to hydrolysis) is 1. The zero-order valence-electron chi connectivity index (χ0n) is 16.0. The number of benzene rings is 1. The Morgan fingerprint density at radius 2 is 1.68 bits per heavy atom. The lowest BCUT2D eigenvalue weighted by Gasteiger charge is -2.29. The first-order chi connectivity index (χ1) is 11.5. The SMILES string of the molecule is CC(COCc1ccccc1)NC(=O)C(C)(C)NC(=O)OC(C)(C)C. The maximum absolute atomic E-state index is 12.4. The van der Waals surface area contributed by atoms with Crippen molar-refractivity contribution in [2.75, 3.05) is 6.61 Å². The molecule has 25 heavy (non-hydrogen) atoms. The molecule has 0 saturated carbocycles. The summed E-state index contributed by atoms with van der Waals surface area (Å²) in [5, 5.41) is 5.43. The molecule has 0 fully saturated rings. The van der Waals surface area contributed by atoms with Crippen molar-refractivity contribution in [3.8, 4) is 0 Å². The van der Waals surface area contributed by atoms with Crippen LogP contribution in [0.3, 0.4) is 0 Å². The second-order valence-electron chi connectivity index (χ2n) is 7.63. The Morgan fingerprint density at radius 3 is 2.24 bits per heavy atom. The summed E-state index contributed by atoms with van der Waals surface area (Å²) in [6, 6.07) is 9.64. The maximum Gasteiger partial charge on any atom is 0.408 e. The van der Waals surface area contributed by atoms with Gasteiger partial charge in [-0.3, -0.25) is 4.79 Å². The quantitative estimate of drug-likeness (QED) is 0.792. The van der Waals surface area contributed by atoms with Gasteiger partial charge in [-0.15, -0.1) is 0 Å². The fourth-order valence-electron chi connectivity index (χ4n) is 1.99. The van der Waals surface area contributed by atoms with Crippen LogP contribution in [0.4, 0.5) is 4.79 Å². The van der Waals surface area contributed by atoms with E-state index < -0.39 is 17.2 Å². The van der Waals surface area contributed by atoms with Gasteiger partial charge in [0.25, 0.3) is 0 Å². The van der Waals surface area contributed by atoms with Gasteiger partial charge in [0.2, 0.25) is 5.91 Å². The molecule has 0 heterocycles. The van der Waals surface area contributed by atoms with Crippen LogP contribution in [0.1, 0.15) is 47.1 Å². The molecule has 0 spiro atoms. The number of ether oxygens (including phenoxy) is 2. The fourth-order valence-corrected chi connectivity index (χ4v) is 1.99. The van der Waals surface area contributed by atoms with E-state index in [-0.39, 0.29) is 11.9 Å². The molecule has 0 aromatic heterocycles. The van der Waals surface area contributed by atoms with Gasteiger partial charge in [0.1, 0.15) is 11.1 Å². The van der Waals surface area contributed by atoms with Gasteiger partial charge >= 0.3 is 6.09 Å². The Balaban J connectivity index is 2.40. The third-order valence-corrected chi connectivity index (χ3v) is 3.24. The second-order valence-corrected chi connectivity index (χ2v) is 7.63. The highest BCUT2D eigenvalue weighted by molar-refractivity contribution is 5.89. The molecule has 1 unspecified atom stereocenters. The first kappa shape index (κ1) is 21.0. The summed E-state index contributed by atoms with van der Waals surface area (Å²) in [4.78, 5) is 24.2. The highest BCUT2D eigenvalue weighted by atomic mass is 16.6. The van der Waals surface area contributed by atoms with E-state index in [2.05, 4.69) is 10.6 Å². The molecule has 1 rings (SSSR count). The van der Waals surface area contributed by atoms with Crippen molar-refractivity contribution in [1.82, 2.24) is 10.6 Å². The van der Waals surface area contributed by atoms with Gasteiger partial charge < -0.3 is 20.1 Å². The molecule has 0 saturated heterocycles. The topological polar surface area (TPSA) is 76.7 Å². The zero-order valence-corrected chi connectivity index (χ0v) is 16.0. The summed E-state index contributed by atoms with van der Waals surface area (Å²) in [5.74, 6) is -0.297. The summed E-state index contributed by atoms with van der Waals surface area (Å²) in [6.45, 7) is 11.3. The Morgan fingerprint density at radius 1 is 1.08 bits per heavy atom. The van der Waals surface area contributed by atoms with E-state index in [1.54, 1.807) is 34.6 Å². The highest BCUT2D eigenvalue weighted by Crippen LogP contribution is 2.10. The van der Waals surface area contributed by atoms with Gasteiger partial charge in [0, 0.05) is 6.04 Å². The molecule has 1 aromatic carbocycles. The van der Waals surface area contributed by atoms with Gasteiger partial charge in [-0.25, -0.2) is 4.79 Å². The van der Waals surface area contributed by atoms with Gasteiger partial charge in [-0.05, 0) is 47.1 Å². The largest absolute Gasteiger partial charge is 0.444 e. The standard InChI is InChI=1S/C19H30N2O4/c1-14(12-24-13-15-10-8-7-9-11-15)20-16(22)19(5,6)21-17(23)25-18(2,3)4/h7-11,14H,12-13H2,1-6H3,(H,20,22)(H,21,23). The van der Waals surface area contributed by atoms with Crippen molar-refractivity contribution >= 4 is 12.0 Å². The second kappa shape index (κ2) is 8.85. The van der Waals surface area contributed by atoms with Crippen LogP contribution in [0, 0.1) is 0 Å². The Labute approximate surface area is 150 Å². The number of amides is 2. The summed E-state index contributed by atoms with van der Waals surface area (Å²) in [5.41, 5.74) is -0.626.